The first kappa shape index (κ1) is 20.3. The molecule has 0 aliphatic carbocycles. The van der Waals surface area contributed by atoms with E-state index < -0.39 is 45.0 Å². The van der Waals surface area contributed by atoms with E-state index in [1.54, 1.807) is 0 Å². The van der Waals surface area contributed by atoms with Gasteiger partial charge in [-0.05, 0) is 24.3 Å². The van der Waals surface area contributed by atoms with Crippen LogP contribution in [0, 0.1) is 0 Å². The lowest BCUT2D eigenvalue weighted by Crippen LogP contribution is -2.24. The van der Waals surface area contributed by atoms with Crippen molar-refractivity contribution in [3.05, 3.63) is 24.3 Å². The molecule has 0 spiro atoms. The minimum atomic E-state index is -5.55. The summed E-state index contributed by atoms with van der Waals surface area (Å²) in [6.45, 7) is 0. The van der Waals surface area contributed by atoms with Gasteiger partial charge in [0.1, 0.15) is 11.5 Å². The predicted molar refractivity (Wildman–Crippen MR) is 59.8 cm³/mol. The molecule has 16 heteroatoms. The maximum absolute atomic E-state index is 11.8. The summed E-state index contributed by atoms with van der Waals surface area (Å²) in [5.74, 6) is -1.55. The van der Waals surface area contributed by atoms with Gasteiger partial charge in [0.15, 0.2) is 0 Å². The van der Waals surface area contributed by atoms with Gasteiger partial charge in [0.05, 0.1) is 0 Å². The third-order valence-electron chi connectivity index (χ3n) is 1.61. The van der Waals surface area contributed by atoms with E-state index in [0.717, 1.165) is 0 Å². The molecule has 0 saturated heterocycles. The molecule has 0 amide bonds. The summed E-state index contributed by atoms with van der Waals surface area (Å²) in [7, 11) is -11.0. The van der Waals surface area contributed by atoms with Gasteiger partial charge in [0.25, 0.3) is 0 Å². The zero-order valence-corrected chi connectivity index (χ0v) is 12.3. The van der Waals surface area contributed by atoms with Gasteiger partial charge in [0.2, 0.25) is 0 Å². The zero-order chi connectivity index (χ0) is 18.8. The van der Waals surface area contributed by atoms with Crippen LogP contribution in [-0.4, -0.2) is 29.6 Å². The van der Waals surface area contributed by atoms with E-state index in [9.17, 15) is 43.2 Å². The highest BCUT2D eigenvalue weighted by Gasteiger charge is 2.39. The molecule has 0 atom stereocenters. The van der Waals surface area contributed by atoms with E-state index in [1.807, 2.05) is 0 Å². The molecule has 8 nitrogen and oxygen atoms in total. The van der Waals surface area contributed by atoms with Crippen LogP contribution in [0.2, 0.25) is 0 Å². The van der Waals surface area contributed by atoms with Gasteiger partial charge in [-0.1, -0.05) is 0 Å². The van der Waals surface area contributed by atoms with Crippen molar-refractivity contribution in [1.82, 2.24) is 0 Å². The average Bonchev–Trinajstić information content (AvgIpc) is 2.24. The summed E-state index contributed by atoms with van der Waals surface area (Å²) in [4.78, 5) is 0. The maximum atomic E-state index is 11.8. The molecule has 0 aliphatic heterocycles. The monoisotopic (exact) mass is 406 g/mol. The SMILES string of the molecule is O=S(=O)(Oc1ccc(OS(=O)(=O)OC(F)(F)F)cc1)OC(F)(F)F. The van der Waals surface area contributed by atoms with Crippen LogP contribution in [0.3, 0.4) is 0 Å². The molecule has 0 aromatic heterocycles. The normalized spacial score (nSPS) is 13.6. The Morgan fingerprint density at radius 3 is 1.08 bits per heavy atom. The Hall–Kier alpha value is -1.78. The molecule has 1 aromatic carbocycles. The van der Waals surface area contributed by atoms with Crippen LogP contribution >= 0.6 is 0 Å². The number of alkyl halides is 6. The third-order valence-corrected chi connectivity index (χ3v) is 3.19. The number of rotatable bonds is 6. The van der Waals surface area contributed by atoms with Crippen LogP contribution in [0.15, 0.2) is 24.3 Å². The molecular weight excluding hydrogens is 402 g/mol. The molecule has 0 aliphatic rings. The quantitative estimate of drug-likeness (QED) is 0.661. The minimum Gasteiger partial charge on any atom is -0.361 e. The molecule has 0 unspecified atom stereocenters. The van der Waals surface area contributed by atoms with Gasteiger partial charge in [0, 0.05) is 0 Å². The fraction of sp³-hybridized carbons (Fsp3) is 0.250. The van der Waals surface area contributed by atoms with Gasteiger partial charge < -0.3 is 8.37 Å². The minimum absolute atomic E-state index is 0.579. The Morgan fingerprint density at radius 1 is 0.625 bits per heavy atom. The van der Waals surface area contributed by atoms with Gasteiger partial charge in [-0.3, -0.25) is 0 Å². The Morgan fingerprint density at radius 2 is 0.875 bits per heavy atom. The summed E-state index contributed by atoms with van der Waals surface area (Å²) >= 11 is 0. The highest BCUT2D eigenvalue weighted by molar-refractivity contribution is 7.82. The van der Waals surface area contributed by atoms with E-state index >= 15 is 0 Å². The first-order chi connectivity index (χ1) is 10.6. The number of benzene rings is 1. The highest BCUT2D eigenvalue weighted by atomic mass is 32.3. The number of hydrogen-bond donors (Lipinski definition) is 0. The Labute approximate surface area is 130 Å². The average molecular weight is 406 g/mol. The molecule has 0 bridgehead atoms. The molecule has 1 rings (SSSR count). The smallest absolute Gasteiger partial charge is 0.361 e. The first-order valence-electron chi connectivity index (χ1n) is 5.11. The molecule has 0 saturated carbocycles. The molecule has 0 radical (unpaired) electrons. The van der Waals surface area contributed by atoms with Crippen molar-refractivity contribution in [3.8, 4) is 11.5 Å². The summed E-state index contributed by atoms with van der Waals surface area (Å²) in [6.07, 6.45) is -11.1. The largest absolute Gasteiger partial charge is 0.539 e. The first-order valence-corrected chi connectivity index (χ1v) is 7.77. The van der Waals surface area contributed by atoms with E-state index in [-0.39, 0.29) is 0 Å². The van der Waals surface area contributed by atoms with Crippen molar-refractivity contribution in [2.75, 3.05) is 0 Å². The van der Waals surface area contributed by atoms with Crippen molar-refractivity contribution in [1.29, 1.82) is 0 Å². The molecule has 24 heavy (non-hydrogen) atoms. The van der Waals surface area contributed by atoms with E-state index in [4.69, 9.17) is 0 Å². The van der Waals surface area contributed by atoms with Crippen molar-refractivity contribution in [2.24, 2.45) is 0 Å². The van der Waals surface area contributed by atoms with Gasteiger partial charge in [-0.2, -0.15) is 16.8 Å². The summed E-state index contributed by atoms with van der Waals surface area (Å²) in [6, 6.07) is 2.32. The lowest BCUT2D eigenvalue weighted by molar-refractivity contribution is -0.275. The van der Waals surface area contributed by atoms with Crippen LogP contribution in [-0.2, 0) is 29.2 Å². The van der Waals surface area contributed by atoms with Crippen LogP contribution in [0.5, 0.6) is 11.5 Å². The fourth-order valence-corrected chi connectivity index (χ4v) is 2.28. The Balaban J connectivity index is 2.80. The van der Waals surface area contributed by atoms with Gasteiger partial charge in [-0.25, -0.2) is 0 Å². The van der Waals surface area contributed by atoms with Crippen LogP contribution in [0.1, 0.15) is 0 Å². The molecule has 0 heterocycles. The lowest BCUT2D eigenvalue weighted by Gasteiger charge is -2.10. The van der Waals surface area contributed by atoms with Crippen LogP contribution < -0.4 is 8.37 Å². The standard InChI is InChI=1S/C8H4F6O8S2/c9-7(10,11)21-23(15,16)19-5-1-2-6(4-3-5)20-24(17,18)22-8(12,13)14/h1-4H. The summed E-state index contributed by atoms with van der Waals surface area (Å²) < 4.78 is 127. The van der Waals surface area contributed by atoms with E-state index in [1.165, 1.54) is 0 Å². The second-order valence-corrected chi connectivity index (χ2v) is 5.81. The van der Waals surface area contributed by atoms with Crippen LogP contribution in [0.25, 0.3) is 0 Å². The van der Waals surface area contributed by atoms with E-state index in [2.05, 4.69) is 16.7 Å². The Kier molecular flexibility index (Phi) is 5.58. The molecule has 1 aromatic rings. The van der Waals surface area contributed by atoms with Gasteiger partial charge >= 0.3 is 33.5 Å². The highest BCUT2D eigenvalue weighted by Crippen LogP contribution is 2.26. The molecule has 138 valence electrons. The second-order valence-electron chi connectivity index (χ2n) is 3.51. The predicted octanol–water partition coefficient (Wildman–Crippen LogP) is 2.01. The summed E-state index contributed by atoms with van der Waals surface area (Å²) in [5, 5.41) is 0. The maximum Gasteiger partial charge on any atom is 0.539 e. The molecular formula is C8H4F6O8S2. The Bertz CT molecular complexity index is 697. The number of hydrogen-bond acceptors (Lipinski definition) is 8. The van der Waals surface area contributed by atoms with Crippen LogP contribution in [0.4, 0.5) is 26.3 Å². The molecule has 0 N–H and O–H groups in total. The topological polar surface area (TPSA) is 105 Å². The fourth-order valence-electron chi connectivity index (χ4n) is 1.05. The lowest BCUT2D eigenvalue weighted by atomic mass is 10.3. The molecule has 0 fully saturated rings. The summed E-state index contributed by atoms with van der Waals surface area (Å²) in [5.41, 5.74) is 0. The number of halogens is 6. The van der Waals surface area contributed by atoms with E-state index in [0.29, 0.717) is 24.3 Å². The van der Waals surface area contributed by atoms with Crippen molar-refractivity contribution >= 4 is 20.8 Å². The zero-order valence-electron chi connectivity index (χ0n) is 10.7. The van der Waals surface area contributed by atoms with Crippen molar-refractivity contribution in [3.63, 3.8) is 0 Å². The third kappa shape index (κ3) is 8.18. The van der Waals surface area contributed by atoms with Gasteiger partial charge in [-0.15, -0.1) is 34.7 Å². The second kappa shape index (κ2) is 6.61. The van der Waals surface area contributed by atoms with Crippen molar-refractivity contribution in [2.45, 2.75) is 12.7 Å². The van der Waals surface area contributed by atoms with Crippen molar-refractivity contribution < 1.29 is 59.9 Å².